The monoisotopic (exact) mass is 261 g/mol. The summed E-state index contributed by atoms with van der Waals surface area (Å²) in [5.74, 6) is 0.153. The lowest BCUT2D eigenvalue weighted by atomic mass is 10.1. The molecule has 2 amide bonds. The van der Waals surface area contributed by atoms with Crippen LogP contribution in [0.5, 0.6) is 0 Å². The highest BCUT2D eigenvalue weighted by atomic mass is 16.2. The van der Waals surface area contributed by atoms with E-state index in [-0.39, 0.29) is 17.7 Å². The third kappa shape index (κ3) is 3.53. The van der Waals surface area contributed by atoms with Crippen LogP contribution in [0.25, 0.3) is 0 Å². The zero-order valence-electron chi connectivity index (χ0n) is 11.3. The second kappa shape index (κ2) is 5.82. The summed E-state index contributed by atoms with van der Waals surface area (Å²) < 4.78 is 0. The normalized spacial score (nSPS) is 19.0. The summed E-state index contributed by atoms with van der Waals surface area (Å²) in [4.78, 5) is 29.6. The zero-order valence-corrected chi connectivity index (χ0v) is 11.3. The lowest BCUT2D eigenvalue weighted by Crippen LogP contribution is -2.31. The van der Waals surface area contributed by atoms with Crippen molar-refractivity contribution >= 4 is 17.5 Å². The Kier molecular flexibility index (Phi) is 4.14. The first-order valence-electron chi connectivity index (χ1n) is 6.55. The van der Waals surface area contributed by atoms with Crippen LogP contribution in [-0.2, 0) is 9.59 Å². The molecule has 1 aromatic rings. The molecule has 0 bridgehead atoms. The first-order valence-corrected chi connectivity index (χ1v) is 6.55. The predicted molar refractivity (Wildman–Crippen MR) is 72.4 cm³/mol. The van der Waals surface area contributed by atoms with Gasteiger partial charge in [-0.05, 0) is 18.1 Å². The molecule has 0 aliphatic carbocycles. The molecule has 2 heterocycles. The minimum Gasteiger partial charge on any atom is -0.342 e. The van der Waals surface area contributed by atoms with Crippen molar-refractivity contribution in [1.82, 2.24) is 9.88 Å². The number of rotatable bonds is 4. The van der Waals surface area contributed by atoms with Crippen LogP contribution in [-0.4, -0.2) is 34.8 Å². The van der Waals surface area contributed by atoms with E-state index in [0.717, 1.165) is 12.2 Å². The van der Waals surface area contributed by atoms with Gasteiger partial charge in [0.15, 0.2) is 0 Å². The van der Waals surface area contributed by atoms with Crippen molar-refractivity contribution in [2.24, 2.45) is 11.8 Å². The average molecular weight is 261 g/mol. The minimum atomic E-state index is -0.251. The van der Waals surface area contributed by atoms with E-state index in [9.17, 15) is 9.59 Å². The fourth-order valence-electron chi connectivity index (χ4n) is 2.24. The number of amides is 2. The SMILES string of the molecule is CC(C)CN1C[C@H](C(=O)Nc2ccncc2)CC1=O. The zero-order chi connectivity index (χ0) is 13.8. The van der Waals surface area contributed by atoms with Crippen LogP contribution in [0.15, 0.2) is 24.5 Å². The van der Waals surface area contributed by atoms with Gasteiger partial charge >= 0.3 is 0 Å². The highest BCUT2D eigenvalue weighted by Crippen LogP contribution is 2.20. The van der Waals surface area contributed by atoms with Gasteiger partial charge in [-0.2, -0.15) is 0 Å². The maximum atomic E-state index is 12.1. The molecule has 1 aliphatic rings. The molecule has 1 N–H and O–H groups in total. The van der Waals surface area contributed by atoms with Gasteiger partial charge in [-0.3, -0.25) is 14.6 Å². The van der Waals surface area contributed by atoms with Gasteiger partial charge in [-0.1, -0.05) is 13.8 Å². The van der Waals surface area contributed by atoms with Gasteiger partial charge in [0.05, 0.1) is 5.92 Å². The van der Waals surface area contributed by atoms with Gasteiger partial charge in [-0.15, -0.1) is 0 Å². The van der Waals surface area contributed by atoms with E-state index in [2.05, 4.69) is 24.1 Å². The predicted octanol–water partition coefficient (Wildman–Crippen LogP) is 1.52. The molecule has 1 fully saturated rings. The third-order valence-electron chi connectivity index (χ3n) is 3.12. The van der Waals surface area contributed by atoms with Crippen LogP contribution in [0.1, 0.15) is 20.3 Å². The quantitative estimate of drug-likeness (QED) is 0.894. The highest BCUT2D eigenvalue weighted by Gasteiger charge is 2.34. The van der Waals surface area contributed by atoms with Gasteiger partial charge in [0.1, 0.15) is 0 Å². The van der Waals surface area contributed by atoms with Crippen molar-refractivity contribution in [3.63, 3.8) is 0 Å². The Labute approximate surface area is 113 Å². The second-order valence-electron chi connectivity index (χ2n) is 5.32. The van der Waals surface area contributed by atoms with Crippen molar-refractivity contribution in [3.05, 3.63) is 24.5 Å². The smallest absolute Gasteiger partial charge is 0.229 e. The van der Waals surface area contributed by atoms with Gasteiger partial charge in [0.25, 0.3) is 0 Å². The standard InChI is InChI=1S/C14H19N3O2/c1-10(2)8-17-9-11(7-13(17)18)14(19)16-12-3-5-15-6-4-12/h3-6,10-11H,7-9H2,1-2H3,(H,15,16,19)/t11-/m1/s1. The number of nitrogens with one attached hydrogen (secondary N) is 1. The van der Waals surface area contributed by atoms with Gasteiger partial charge in [0.2, 0.25) is 11.8 Å². The summed E-state index contributed by atoms with van der Waals surface area (Å²) in [6.07, 6.45) is 3.56. The molecule has 1 atom stereocenters. The molecular formula is C14H19N3O2. The summed E-state index contributed by atoms with van der Waals surface area (Å²) >= 11 is 0. The van der Waals surface area contributed by atoms with E-state index in [0.29, 0.717) is 18.9 Å². The largest absolute Gasteiger partial charge is 0.342 e. The van der Waals surface area contributed by atoms with Crippen LogP contribution in [0.4, 0.5) is 5.69 Å². The van der Waals surface area contributed by atoms with Crippen molar-refractivity contribution < 1.29 is 9.59 Å². The molecule has 0 aromatic carbocycles. The molecule has 0 spiro atoms. The molecule has 1 aliphatic heterocycles. The van der Waals surface area contributed by atoms with E-state index in [1.807, 2.05) is 0 Å². The Hall–Kier alpha value is -1.91. The summed E-state index contributed by atoms with van der Waals surface area (Å²) in [6, 6.07) is 3.47. The van der Waals surface area contributed by atoms with E-state index in [1.165, 1.54) is 0 Å². The van der Waals surface area contributed by atoms with Crippen molar-refractivity contribution in [3.8, 4) is 0 Å². The lowest BCUT2D eigenvalue weighted by Gasteiger charge is -2.18. The number of aromatic nitrogens is 1. The Morgan fingerprint density at radius 1 is 1.47 bits per heavy atom. The maximum Gasteiger partial charge on any atom is 0.229 e. The molecule has 1 saturated heterocycles. The van der Waals surface area contributed by atoms with Crippen LogP contribution in [0.3, 0.4) is 0 Å². The molecule has 0 saturated carbocycles. The van der Waals surface area contributed by atoms with Gasteiger partial charge in [-0.25, -0.2) is 0 Å². The number of carbonyl (C=O) groups excluding carboxylic acids is 2. The molecular weight excluding hydrogens is 242 g/mol. The third-order valence-corrected chi connectivity index (χ3v) is 3.12. The van der Waals surface area contributed by atoms with E-state index in [1.54, 1.807) is 29.4 Å². The number of carbonyl (C=O) groups is 2. The first-order chi connectivity index (χ1) is 9.06. The maximum absolute atomic E-state index is 12.1. The van der Waals surface area contributed by atoms with E-state index < -0.39 is 0 Å². The van der Waals surface area contributed by atoms with Crippen LogP contribution in [0, 0.1) is 11.8 Å². The summed E-state index contributed by atoms with van der Waals surface area (Å²) in [5, 5.41) is 2.82. The number of nitrogens with zero attached hydrogens (tertiary/aromatic N) is 2. The highest BCUT2D eigenvalue weighted by molar-refractivity contribution is 5.97. The van der Waals surface area contributed by atoms with Crippen molar-refractivity contribution in [2.45, 2.75) is 20.3 Å². The van der Waals surface area contributed by atoms with E-state index >= 15 is 0 Å². The van der Waals surface area contributed by atoms with Crippen LogP contribution >= 0.6 is 0 Å². The number of pyridine rings is 1. The average Bonchev–Trinajstić information content (AvgIpc) is 2.71. The topological polar surface area (TPSA) is 62.3 Å². The molecule has 5 heteroatoms. The molecule has 5 nitrogen and oxygen atoms in total. The van der Waals surface area contributed by atoms with Crippen LogP contribution < -0.4 is 5.32 Å². The molecule has 1 aromatic heterocycles. The molecule has 0 unspecified atom stereocenters. The number of hydrogen-bond donors (Lipinski definition) is 1. The summed E-state index contributed by atoms with van der Waals surface area (Å²) in [7, 11) is 0. The van der Waals surface area contributed by atoms with Gasteiger partial charge < -0.3 is 10.2 Å². The lowest BCUT2D eigenvalue weighted by molar-refractivity contribution is -0.128. The van der Waals surface area contributed by atoms with Gasteiger partial charge in [0, 0.05) is 37.6 Å². The van der Waals surface area contributed by atoms with Crippen LogP contribution in [0.2, 0.25) is 0 Å². The summed E-state index contributed by atoms with van der Waals surface area (Å²) in [6.45, 7) is 5.38. The fourth-order valence-corrected chi connectivity index (χ4v) is 2.24. The summed E-state index contributed by atoms with van der Waals surface area (Å²) in [5.41, 5.74) is 0.717. The molecule has 102 valence electrons. The Morgan fingerprint density at radius 2 is 2.16 bits per heavy atom. The molecule has 0 radical (unpaired) electrons. The second-order valence-corrected chi connectivity index (χ2v) is 5.32. The Balaban J connectivity index is 1.93. The first kappa shape index (κ1) is 13.5. The van der Waals surface area contributed by atoms with E-state index in [4.69, 9.17) is 0 Å². The Morgan fingerprint density at radius 3 is 2.79 bits per heavy atom. The van der Waals surface area contributed by atoms with Crippen molar-refractivity contribution in [2.75, 3.05) is 18.4 Å². The fraction of sp³-hybridized carbons (Fsp3) is 0.500. The molecule has 2 rings (SSSR count). The number of likely N-dealkylation sites (tertiary alicyclic amines) is 1. The van der Waals surface area contributed by atoms with Crippen molar-refractivity contribution in [1.29, 1.82) is 0 Å². The molecule has 19 heavy (non-hydrogen) atoms. The Bertz CT molecular complexity index is 459. The minimum absolute atomic E-state index is 0.0728. The number of anilines is 1. The number of hydrogen-bond acceptors (Lipinski definition) is 3.